The fourth-order valence-corrected chi connectivity index (χ4v) is 1.82. The summed E-state index contributed by atoms with van der Waals surface area (Å²) in [6.07, 6.45) is 0. The minimum atomic E-state index is -0.848. The maximum absolute atomic E-state index is 13.4. The Kier molecular flexibility index (Phi) is 6.16. The monoisotopic (exact) mass is 348 g/mol. The quantitative estimate of drug-likeness (QED) is 0.781. The van der Waals surface area contributed by atoms with Gasteiger partial charge in [-0.25, -0.2) is 8.78 Å². The molecule has 2 rings (SSSR count). The third kappa shape index (κ3) is 5.69. The van der Waals surface area contributed by atoms with Crippen LogP contribution in [0.2, 0.25) is 0 Å². The molecule has 0 radical (unpaired) electrons. The largest absolute Gasteiger partial charge is 0.454 e. The van der Waals surface area contributed by atoms with Gasteiger partial charge < -0.3 is 15.4 Å². The number of nitrogens with one attached hydrogen (secondary N) is 2. The van der Waals surface area contributed by atoms with E-state index in [2.05, 4.69) is 15.4 Å². The lowest BCUT2D eigenvalue weighted by molar-refractivity contribution is -0.146. The molecule has 8 heteroatoms. The second-order valence-electron chi connectivity index (χ2n) is 4.88. The minimum Gasteiger partial charge on any atom is -0.454 e. The average molecular weight is 348 g/mol. The molecule has 2 aromatic carbocycles. The molecule has 0 fully saturated rings. The van der Waals surface area contributed by atoms with Gasteiger partial charge in [0.05, 0.1) is 5.69 Å². The molecular formula is C17H14F2N2O4. The highest BCUT2D eigenvalue weighted by Crippen LogP contribution is 2.14. The SMILES string of the molecule is O=C(COC(=O)CNC(=O)c1ccccc1)Nc1cc(F)ccc1F. The Labute approximate surface area is 141 Å². The normalized spacial score (nSPS) is 10.0. The average Bonchev–Trinajstić information content (AvgIpc) is 2.61. The highest BCUT2D eigenvalue weighted by Gasteiger charge is 2.12. The van der Waals surface area contributed by atoms with E-state index in [1.54, 1.807) is 30.3 Å². The second-order valence-corrected chi connectivity index (χ2v) is 4.88. The Morgan fingerprint density at radius 1 is 1.00 bits per heavy atom. The fourth-order valence-electron chi connectivity index (χ4n) is 1.82. The summed E-state index contributed by atoms with van der Waals surface area (Å²) in [6, 6.07) is 10.8. The van der Waals surface area contributed by atoms with Gasteiger partial charge >= 0.3 is 5.97 Å². The van der Waals surface area contributed by atoms with Crippen LogP contribution in [0.1, 0.15) is 10.4 Å². The predicted octanol–water partition coefficient (Wildman–Crippen LogP) is 1.88. The molecule has 0 saturated carbocycles. The Morgan fingerprint density at radius 3 is 2.44 bits per heavy atom. The smallest absolute Gasteiger partial charge is 0.325 e. The summed E-state index contributed by atoms with van der Waals surface area (Å²) in [7, 11) is 0. The third-order valence-electron chi connectivity index (χ3n) is 3.00. The van der Waals surface area contributed by atoms with Crippen molar-refractivity contribution in [3.8, 4) is 0 Å². The molecule has 0 heterocycles. The molecule has 0 aliphatic carbocycles. The number of amides is 2. The summed E-state index contributed by atoms with van der Waals surface area (Å²) in [5, 5.41) is 4.41. The number of hydrogen-bond donors (Lipinski definition) is 2. The molecule has 0 saturated heterocycles. The maximum Gasteiger partial charge on any atom is 0.325 e. The topological polar surface area (TPSA) is 84.5 Å². The first-order chi connectivity index (χ1) is 12.0. The van der Waals surface area contributed by atoms with Crippen LogP contribution in [0.5, 0.6) is 0 Å². The summed E-state index contributed by atoms with van der Waals surface area (Å²) in [5.74, 6) is -3.70. The van der Waals surface area contributed by atoms with E-state index in [1.165, 1.54) is 0 Å². The Bertz CT molecular complexity index is 781. The molecule has 130 valence electrons. The van der Waals surface area contributed by atoms with Gasteiger partial charge in [0.1, 0.15) is 18.2 Å². The highest BCUT2D eigenvalue weighted by atomic mass is 19.1. The van der Waals surface area contributed by atoms with E-state index >= 15 is 0 Å². The van der Waals surface area contributed by atoms with E-state index in [0.717, 1.165) is 18.2 Å². The molecule has 0 aliphatic rings. The molecular weight excluding hydrogens is 334 g/mol. The van der Waals surface area contributed by atoms with Gasteiger partial charge in [-0.2, -0.15) is 0 Å². The number of carbonyl (C=O) groups is 3. The van der Waals surface area contributed by atoms with Crippen LogP contribution in [0.25, 0.3) is 0 Å². The number of carbonyl (C=O) groups excluding carboxylic acids is 3. The number of esters is 1. The highest BCUT2D eigenvalue weighted by molar-refractivity contribution is 5.96. The van der Waals surface area contributed by atoms with Crippen molar-refractivity contribution in [1.29, 1.82) is 0 Å². The van der Waals surface area contributed by atoms with Crippen molar-refractivity contribution in [3.05, 3.63) is 65.7 Å². The maximum atomic E-state index is 13.4. The lowest BCUT2D eigenvalue weighted by Gasteiger charge is -2.08. The molecule has 0 atom stereocenters. The molecule has 0 aliphatic heterocycles. The van der Waals surface area contributed by atoms with Crippen molar-refractivity contribution in [2.75, 3.05) is 18.5 Å². The van der Waals surface area contributed by atoms with E-state index in [0.29, 0.717) is 5.56 Å². The number of ether oxygens (including phenoxy) is 1. The van der Waals surface area contributed by atoms with Gasteiger partial charge in [-0.15, -0.1) is 0 Å². The van der Waals surface area contributed by atoms with Crippen LogP contribution in [-0.2, 0) is 14.3 Å². The minimum absolute atomic E-state index is 0.363. The van der Waals surface area contributed by atoms with E-state index in [-0.39, 0.29) is 5.69 Å². The summed E-state index contributed by atoms with van der Waals surface area (Å²) in [5.41, 5.74) is 0.00746. The first-order valence-electron chi connectivity index (χ1n) is 7.19. The third-order valence-corrected chi connectivity index (χ3v) is 3.00. The summed E-state index contributed by atoms with van der Waals surface area (Å²) >= 11 is 0. The van der Waals surface area contributed by atoms with Gasteiger partial charge in [-0.3, -0.25) is 14.4 Å². The van der Waals surface area contributed by atoms with Gasteiger partial charge in [0, 0.05) is 11.6 Å². The Hall–Kier alpha value is -3.29. The molecule has 0 bridgehead atoms. The van der Waals surface area contributed by atoms with Crippen LogP contribution in [0, 0.1) is 11.6 Å². The molecule has 25 heavy (non-hydrogen) atoms. The zero-order chi connectivity index (χ0) is 18.2. The van der Waals surface area contributed by atoms with E-state index < -0.39 is 42.6 Å². The van der Waals surface area contributed by atoms with Gasteiger partial charge in [0.2, 0.25) is 0 Å². The van der Waals surface area contributed by atoms with Crippen molar-refractivity contribution < 1.29 is 27.9 Å². The van der Waals surface area contributed by atoms with Crippen LogP contribution in [0.3, 0.4) is 0 Å². The molecule has 0 spiro atoms. The van der Waals surface area contributed by atoms with E-state index in [4.69, 9.17) is 0 Å². The second kappa shape index (κ2) is 8.53. The van der Waals surface area contributed by atoms with Gasteiger partial charge in [-0.1, -0.05) is 18.2 Å². The first-order valence-corrected chi connectivity index (χ1v) is 7.19. The zero-order valence-electron chi connectivity index (χ0n) is 12.9. The van der Waals surface area contributed by atoms with Crippen LogP contribution in [0.4, 0.5) is 14.5 Å². The van der Waals surface area contributed by atoms with E-state index in [1.807, 2.05) is 0 Å². The standard InChI is InChI=1S/C17H14F2N2O4/c18-12-6-7-13(19)14(8-12)21-15(22)10-25-16(23)9-20-17(24)11-4-2-1-3-5-11/h1-8H,9-10H2,(H,20,24)(H,21,22). The Morgan fingerprint density at radius 2 is 1.72 bits per heavy atom. The number of rotatable bonds is 6. The lowest BCUT2D eigenvalue weighted by Crippen LogP contribution is -2.32. The summed E-state index contributed by atoms with van der Waals surface area (Å²) in [6.45, 7) is -1.13. The first kappa shape index (κ1) is 18.1. The number of anilines is 1. The molecule has 6 nitrogen and oxygen atoms in total. The van der Waals surface area contributed by atoms with Crippen LogP contribution in [-0.4, -0.2) is 30.9 Å². The van der Waals surface area contributed by atoms with Crippen molar-refractivity contribution in [3.63, 3.8) is 0 Å². The van der Waals surface area contributed by atoms with Crippen LogP contribution in [0.15, 0.2) is 48.5 Å². The van der Waals surface area contributed by atoms with E-state index in [9.17, 15) is 23.2 Å². The van der Waals surface area contributed by atoms with Gasteiger partial charge in [0.15, 0.2) is 6.61 Å². The summed E-state index contributed by atoms with van der Waals surface area (Å²) < 4.78 is 31.0. The number of hydrogen-bond acceptors (Lipinski definition) is 4. The zero-order valence-corrected chi connectivity index (χ0v) is 12.9. The molecule has 2 N–H and O–H groups in total. The van der Waals surface area contributed by atoms with Crippen molar-refractivity contribution in [2.45, 2.75) is 0 Å². The molecule has 2 amide bonds. The number of benzene rings is 2. The van der Waals surface area contributed by atoms with Crippen molar-refractivity contribution in [1.82, 2.24) is 5.32 Å². The Balaban J connectivity index is 1.75. The number of halogens is 2. The summed E-state index contributed by atoms with van der Waals surface area (Å²) in [4.78, 5) is 34.8. The van der Waals surface area contributed by atoms with Gasteiger partial charge in [-0.05, 0) is 24.3 Å². The molecule has 2 aromatic rings. The fraction of sp³-hybridized carbons (Fsp3) is 0.118. The van der Waals surface area contributed by atoms with Crippen LogP contribution < -0.4 is 10.6 Å². The molecule has 0 aromatic heterocycles. The predicted molar refractivity (Wildman–Crippen MR) is 84.7 cm³/mol. The van der Waals surface area contributed by atoms with Crippen molar-refractivity contribution >= 4 is 23.5 Å². The van der Waals surface area contributed by atoms with Crippen molar-refractivity contribution in [2.24, 2.45) is 0 Å². The van der Waals surface area contributed by atoms with Gasteiger partial charge in [0.25, 0.3) is 11.8 Å². The van der Waals surface area contributed by atoms with Crippen LogP contribution >= 0.6 is 0 Å². The molecule has 0 unspecified atom stereocenters. The lowest BCUT2D eigenvalue weighted by atomic mass is 10.2.